The van der Waals surface area contributed by atoms with E-state index in [-0.39, 0.29) is 23.3 Å². The molecule has 1 amide bonds. The molecule has 163 valence electrons. The summed E-state index contributed by atoms with van der Waals surface area (Å²) < 4.78 is 0. The number of aliphatic hydroxyl groups excluding tert-OH is 2. The molecule has 4 rings (SSSR count). The number of aromatic hydroxyl groups is 1. The van der Waals surface area contributed by atoms with Crippen molar-refractivity contribution in [1.82, 2.24) is 4.90 Å². The molecule has 9 nitrogen and oxygen atoms in total. The van der Waals surface area contributed by atoms with E-state index >= 15 is 0 Å². The lowest BCUT2D eigenvalue weighted by molar-refractivity contribution is -0.153. The van der Waals surface area contributed by atoms with Crippen molar-refractivity contribution in [3.8, 4) is 5.75 Å². The summed E-state index contributed by atoms with van der Waals surface area (Å²) in [6.45, 7) is 1.74. The number of hydrogen-bond acceptors (Lipinski definition) is 8. The van der Waals surface area contributed by atoms with Crippen molar-refractivity contribution in [3.63, 3.8) is 0 Å². The second kappa shape index (κ2) is 6.66. The van der Waals surface area contributed by atoms with Crippen molar-refractivity contribution in [3.05, 3.63) is 52.1 Å². The first-order valence-corrected chi connectivity index (χ1v) is 9.75. The first-order valence-electron chi connectivity index (χ1n) is 9.75. The summed E-state index contributed by atoms with van der Waals surface area (Å²) in [4.78, 5) is 40.0. The largest absolute Gasteiger partial charge is 0.508 e. The van der Waals surface area contributed by atoms with Crippen LogP contribution >= 0.6 is 0 Å². The Labute approximate surface area is 178 Å². The number of fused-ring (bicyclic) bond motifs is 3. The van der Waals surface area contributed by atoms with Crippen molar-refractivity contribution in [2.75, 3.05) is 14.1 Å². The van der Waals surface area contributed by atoms with Crippen LogP contribution in [0.4, 0.5) is 0 Å². The third-order valence-electron chi connectivity index (χ3n) is 6.74. The lowest BCUT2D eigenvalue weighted by atomic mass is 9.55. The minimum Gasteiger partial charge on any atom is -0.508 e. The lowest BCUT2D eigenvalue weighted by Gasteiger charge is -2.51. The monoisotopic (exact) mass is 427 g/mol. The third kappa shape index (κ3) is 2.53. The van der Waals surface area contributed by atoms with Crippen molar-refractivity contribution < 1.29 is 34.8 Å². The number of likely N-dealkylation sites (N-methyl/N-ethyl adjacent to an activating group) is 1. The van der Waals surface area contributed by atoms with E-state index in [1.54, 1.807) is 33.2 Å². The summed E-state index contributed by atoms with van der Waals surface area (Å²) in [7, 11) is 3.12. The van der Waals surface area contributed by atoms with Gasteiger partial charge in [-0.25, -0.2) is 0 Å². The predicted molar refractivity (Wildman–Crippen MR) is 109 cm³/mol. The molecule has 1 fully saturated rings. The summed E-state index contributed by atoms with van der Waals surface area (Å²) in [6, 6.07) is 3.56. The number of Topliss-reactive ketones (excluding diaryl/α,β-unsaturated/α-hetero) is 2. The average molecular weight is 427 g/mol. The van der Waals surface area contributed by atoms with Gasteiger partial charge in [-0.2, -0.15) is 0 Å². The van der Waals surface area contributed by atoms with Crippen molar-refractivity contribution in [1.29, 1.82) is 0 Å². The van der Waals surface area contributed by atoms with Crippen LogP contribution in [0.3, 0.4) is 0 Å². The van der Waals surface area contributed by atoms with Crippen LogP contribution in [-0.4, -0.2) is 68.5 Å². The summed E-state index contributed by atoms with van der Waals surface area (Å²) in [5, 5.41) is 43.4. The number of ketones is 2. The van der Waals surface area contributed by atoms with Crippen LogP contribution in [0.25, 0.3) is 5.76 Å². The molecule has 0 unspecified atom stereocenters. The van der Waals surface area contributed by atoms with E-state index in [9.17, 15) is 34.8 Å². The number of carbonyl (C=O) groups is 3. The fourth-order valence-electron chi connectivity index (χ4n) is 5.29. The van der Waals surface area contributed by atoms with Gasteiger partial charge in [0.25, 0.3) is 5.91 Å². The van der Waals surface area contributed by atoms with Gasteiger partial charge in [-0.3, -0.25) is 19.3 Å². The molecule has 0 bridgehead atoms. The Morgan fingerprint density at radius 1 is 1.19 bits per heavy atom. The second-order valence-corrected chi connectivity index (χ2v) is 8.50. The first-order chi connectivity index (χ1) is 14.4. The molecule has 0 saturated heterocycles. The minimum atomic E-state index is -2.63. The number of phenolic OH excluding ortho intramolecular Hbond substituents is 1. The Kier molecular flexibility index (Phi) is 4.53. The summed E-state index contributed by atoms with van der Waals surface area (Å²) in [5.74, 6) is -6.01. The fraction of sp³-hybridized carbons (Fsp3) is 0.364. The number of rotatable bonds is 2. The average Bonchev–Trinajstić information content (AvgIpc) is 2.68. The molecule has 0 aliphatic heterocycles. The third-order valence-corrected chi connectivity index (χ3v) is 6.74. The first kappa shape index (κ1) is 21.1. The van der Waals surface area contributed by atoms with Crippen LogP contribution in [0, 0.1) is 17.8 Å². The molecule has 1 saturated carbocycles. The molecule has 4 atom stereocenters. The highest BCUT2D eigenvalue weighted by atomic mass is 16.3. The second-order valence-electron chi connectivity index (χ2n) is 8.50. The molecular weight excluding hydrogens is 404 g/mol. The zero-order valence-electron chi connectivity index (χ0n) is 17.2. The number of aliphatic hydroxyl groups is 3. The van der Waals surface area contributed by atoms with E-state index in [1.165, 1.54) is 11.0 Å². The normalized spacial score (nSPS) is 30.9. The highest BCUT2D eigenvalue weighted by Crippen LogP contribution is 2.55. The van der Waals surface area contributed by atoms with Gasteiger partial charge in [-0.1, -0.05) is 19.1 Å². The van der Waals surface area contributed by atoms with E-state index in [4.69, 9.17) is 5.73 Å². The standard InChI is InChI=1S/C22H23N2O7/c1-8-9-5-4-6-12(25)13(9)17(26)14-10(8)7-11-16(24(2)3)18(27)15(21(23)30)20(29)22(11,31)19(14)28/h4-6,10-11,16,25-26,29,31H,7H2,1-3H3,(H2,23,30)/t10-,11+,16+,22+/m1/s1. The Balaban J connectivity index is 2.01. The van der Waals surface area contributed by atoms with Gasteiger partial charge in [0.2, 0.25) is 5.78 Å². The molecule has 0 heterocycles. The quantitative estimate of drug-likeness (QED) is 0.423. The van der Waals surface area contributed by atoms with Gasteiger partial charge >= 0.3 is 0 Å². The number of primary amides is 1. The molecule has 1 aromatic carbocycles. The van der Waals surface area contributed by atoms with Gasteiger partial charge in [0.05, 0.1) is 11.6 Å². The Bertz CT molecular complexity index is 1100. The molecule has 9 heteroatoms. The molecule has 1 radical (unpaired) electrons. The van der Waals surface area contributed by atoms with E-state index in [2.05, 4.69) is 0 Å². The maximum atomic E-state index is 13.6. The van der Waals surface area contributed by atoms with Crippen LogP contribution in [0.5, 0.6) is 5.75 Å². The molecule has 6 N–H and O–H groups in total. The Hall–Kier alpha value is -3.17. The van der Waals surface area contributed by atoms with Crippen molar-refractivity contribution >= 4 is 23.2 Å². The lowest BCUT2D eigenvalue weighted by Crippen LogP contribution is -2.66. The molecule has 0 aromatic heterocycles. The van der Waals surface area contributed by atoms with Gasteiger partial charge in [0, 0.05) is 23.3 Å². The number of hydrogen-bond donors (Lipinski definition) is 5. The Morgan fingerprint density at radius 3 is 2.42 bits per heavy atom. The van der Waals surface area contributed by atoms with Gasteiger partial charge in [0.15, 0.2) is 11.4 Å². The molecule has 3 aliphatic rings. The molecular formula is C22H23N2O7. The number of carbonyl (C=O) groups excluding carboxylic acids is 3. The van der Waals surface area contributed by atoms with Crippen LogP contribution in [0.1, 0.15) is 24.5 Å². The fourth-order valence-corrected chi connectivity index (χ4v) is 5.29. The number of phenols is 1. The van der Waals surface area contributed by atoms with Crippen molar-refractivity contribution in [2.45, 2.75) is 25.0 Å². The van der Waals surface area contributed by atoms with Gasteiger partial charge < -0.3 is 26.2 Å². The minimum absolute atomic E-state index is 0.0350. The molecule has 1 aromatic rings. The summed E-state index contributed by atoms with van der Waals surface area (Å²) >= 11 is 0. The molecule has 0 spiro atoms. The van der Waals surface area contributed by atoms with Gasteiger partial charge in [0.1, 0.15) is 22.8 Å². The maximum absolute atomic E-state index is 13.6. The van der Waals surface area contributed by atoms with Gasteiger partial charge in [-0.15, -0.1) is 0 Å². The van der Waals surface area contributed by atoms with E-state index in [1.807, 2.05) is 0 Å². The maximum Gasteiger partial charge on any atom is 0.255 e. The van der Waals surface area contributed by atoms with Crippen molar-refractivity contribution in [2.24, 2.45) is 17.6 Å². The van der Waals surface area contributed by atoms with Crippen LogP contribution < -0.4 is 5.73 Å². The predicted octanol–water partition coefficient (Wildman–Crippen LogP) is 0.364. The highest BCUT2D eigenvalue weighted by molar-refractivity contribution is 6.24. The van der Waals surface area contributed by atoms with Gasteiger partial charge in [-0.05, 0) is 32.1 Å². The number of amides is 1. The van der Waals surface area contributed by atoms with E-state index in [0.29, 0.717) is 11.5 Å². The van der Waals surface area contributed by atoms with Crippen LogP contribution in [-0.2, 0) is 14.4 Å². The number of nitrogens with zero attached hydrogens (tertiary/aromatic N) is 1. The Morgan fingerprint density at radius 2 is 1.84 bits per heavy atom. The highest BCUT2D eigenvalue weighted by Gasteiger charge is 2.64. The zero-order chi connectivity index (χ0) is 23.0. The zero-order valence-corrected chi connectivity index (χ0v) is 17.2. The summed E-state index contributed by atoms with van der Waals surface area (Å²) in [6.07, 6.45) is 0.0350. The molecule has 31 heavy (non-hydrogen) atoms. The van der Waals surface area contributed by atoms with E-state index < -0.39 is 58.0 Å². The molecule has 3 aliphatic carbocycles. The smallest absolute Gasteiger partial charge is 0.255 e. The summed E-state index contributed by atoms with van der Waals surface area (Å²) in [5.41, 5.74) is 2.24. The number of benzene rings is 1. The van der Waals surface area contributed by atoms with Crippen LogP contribution in [0.15, 0.2) is 35.1 Å². The van der Waals surface area contributed by atoms with E-state index in [0.717, 1.165) is 0 Å². The SMILES string of the molecule is C[C]1c2cccc(O)c2C(O)=C2C(=O)[C@]3(O)C(O)=C(C(N)=O)C(=O)[C@@H](N(C)C)[C@@H]3C[C@H]12. The van der Waals surface area contributed by atoms with Crippen LogP contribution in [0.2, 0.25) is 0 Å². The number of nitrogens with two attached hydrogens (primary N) is 1. The topological polar surface area (TPSA) is 161 Å².